The van der Waals surface area contributed by atoms with Gasteiger partial charge >= 0.3 is 5.97 Å². The van der Waals surface area contributed by atoms with E-state index in [0.29, 0.717) is 17.9 Å². The molecule has 0 spiro atoms. The number of ether oxygens (including phenoxy) is 1. The number of nitrogens with zero attached hydrogens (tertiary/aromatic N) is 1. The topological polar surface area (TPSA) is 80.0 Å². The predicted octanol–water partition coefficient (Wildman–Crippen LogP) is 3.86. The number of fused-ring (bicyclic) bond motifs is 1. The molecule has 1 aliphatic heterocycles. The van der Waals surface area contributed by atoms with Crippen LogP contribution in [0.4, 0.5) is 4.39 Å². The molecule has 1 saturated carbocycles. The highest BCUT2D eigenvalue weighted by Gasteiger charge is 2.48. The number of carbonyl (C=O) groups excluding carboxylic acids is 1. The van der Waals surface area contributed by atoms with Gasteiger partial charge in [-0.2, -0.15) is 0 Å². The molecule has 28 heavy (non-hydrogen) atoms. The molecule has 1 aromatic carbocycles. The van der Waals surface area contributed by atoms with Crippen LogP contribution in [0.15, 0.2) is 40.8 Å². The summed E-state index contributed by atoms with van der Waals surface area (Å²) in [4.78, 5) is 26.2. The number of aliphatic carboxylic acids is 1. The molecule has 148 valence electrons. The van der Waals surface area contributed by atoms with Crippen LogP contribution in [0.5, 0.6) is 5.75 Å². The van der Waals surface area contributed by atoms with Crippen LogP contribution in [0.1, 0.15) is 48.4 Å². The van der Waals surface area contributed by atoms with Gasteiger partial charge in [0.1, 0.15) is 30.0 Å². The van der Waals surface area contributed by atoms with Crippen LogP contribution in [-0.2, 0) is 11.4 Å². The van der Waals surface area contributed by atoms with Gasteiger partial charge in [-0.1, -0.05) is 12.8 Å². The molecule has 2 heterocycles. The molecule has 0 bridgehead atoms. The van der Waals surface area contributed by atoms with Crippen molar-refractivity contribution in [2.45, 2.75) is 50.8 Å². The van der Waals surface area contributed by atoms with E-state index >= 15 is 0 Å². The summed E-state index contributed by atoms with van der Waals surface area (Å²) in [6, 6.07) is 7.97. The lowest BCUT2D eigenvalue weighted by Gasteiger charge is -2.32. The Morgan fingerprint density at radius 1 is 1.14 bits per heavy atom. The van der Waals surface area contributed by atoms with Crippen LogP contribution in [0.2, 0.25) is 0 Å². The summed E-state index contributed by atoms with van der Waals surface area (Å²) in [6.45, 7) is 0.0906. The number of halogens is 1. The fourth-order valence-corrected chi connectivity index (χ4v) is 4.36. The lowest BCUT2D eigenvalue weighted by atomic mass is 9.84. The molecule has 3 atom stereocenters. The third-order valence-corrected chi connectivity index (χ3v) is 5.67. The summed E-state index contributed by atoms with van der Waals surface area (Å²) in [5.74, 6) is -0.396. The number of hydrogen-bond acceptors (Lipinski definition) is 4. The van der Waals surface area contributed by atoms with Crippen LogP contribution in [0.25, 0.3) is 0 Å². The van der Waals surface area contributed by atoms with Gasteiger partial charge in [0.25, 0.3) is 5.91 Å². The van der Waals surface area contributed by atoms with E-state index in [2.05, 4.69) is 0 Å². The molecule has 4 rings (SSSR count). The zero-order valence-electron chi connectivity index (χ0n) is 15.3. The number of carboxylic acids is 1. The zero-order chi connectivity index (χ0) is 19.7. The molecule has 0 radical (unpaired) electrons. The highest BCUT2D eigenvalue weighted by molar-refractivity contribution is 5.95. The fourth-order valence-electron chi connectivity index (χ4n) is 4.36. The number of rotatable bonds is 5. The van der Waals surface area contributed by atoms with Gasteiger partial charge in [-0.15, -0.1) is 0 Å². The van der Waals surface area contributed by atoms with Gasteiger partial charge in [0, 0.05) is 6.04 Å². The Labute approximate surface area is 161 Å². The molecule has 2 aromatic rings. The predicted molar refractivity (Wildman–Crippen MR) is 97.4 cm³/mol. The molecule has 1 aliphatic carbocycles. The Balaban J connectivity index is 1.46. The molecule has 1 N–H and O–H groups in total. The molecule has 2 fully saturated rings. The van der Waals surface area contributed by atoms with Gasteiger partial charge in [0.2, 0.25) is 0 Å². The van der Waals surface area contributed by atoms with E-state index in [1.54, 1.807) is 12.1 Å². The number of hydrogen-bond donors (Lipinski definition) is 1. The maximum atomic E-state index is 13.0. The van der Waals surface area contributed by atoms with Gasteiger partial charge < -0.3 is 19.2 Å². The maximum absolute atomic E-state index is 13.0. The SMILES string of the molecule is O=C(O)C1CC2CCCCC2N1C(=O)c1ccc(COc2ccc(F)cc2)o1. The van der Waals surface area contributed by atoms with E-state index in [1.165, 1.54) is 29.2 Å². The lowest BCUT2D eigenvalue weighted by Crippen LogP contribution is -2.46. The van der Waals surface area contributed by atoms with E-state index < -0.39 is 12.0 Å². The maximum Gasteiger partial charge on any atom is 0.326 e. The molecule has 1 saturated heterocycles. The Kier molecular flexibility index (Phi) is 5.07. The van der Waals surface area contributed by atoms with Gasteiger partial charge in [-0.05, 0) is 61.6 Å². The molecule has 2 aliphatic rings. The summed E-state index contributed by atoms with van der Waals surface area (Å²) in [5, 5.41) is 9.59. The van der Waals surface area contributed by atoms with E-state index in [1.807, 2.05) is 0 Å². The number of amides is 1. The molecule has 1 aromatic heterocycles. The first-order valence-electron chi connectivity index (χ1n) is 9.55. The van der Waals surface area contributed by atoms with Crippen molar-refractivity contribution < 1.29 is 28.2 Å². The minimum atomic E-state index is -0.964. The monoisotopic (exact) mass is 387 g/mol. The Morgan fingerprint density at radius 2 is 1.89 bits per heavy atom. The van der Waals surface area contributed by atoms with E-state index in [4.69, 9.17) is 9.15 Å². The molecule has 6 nitrogen and oxygen atoms in total. The molecular formula is C21H22FNO5. The van der Waals surface area contributed by atoms with Gasteiger partial charge in [-0.25, -0.2) is 9.18 Å². The van der Waals surface area contributed by atoms with Crippen molar-refractivity contribution in [2.24, 2.45) is 5.92 Å². The average Bonchev–Trinajstić information content (AvgIpc) is 3.32. The third-order valence-electron chi connectivity index (χ3n) is 5.67. The number of carbonyl (C=O) groups is 2. The molecule has 1 amide bonds. The number of benzene rings is 1. The first-order valence-corrected chi connectivity index (χ1v) is 9.55. The van der Waals surface area contributed by atoms with Crippen molar-refractivity contribution in [1.29, 1.82) is 0 Å². The first-order chi connectivity index (χ1) is 13.5. The van der Waals surface area contributed by atoms with Crippen LogP contribution in [0, 0.1) is 11.7 Å². The summed E-state index contributed by atoms with van der Waals surface area (Å²) in [7, 11) is 0. The molecule has 7 heteroatoms. The van der Waals surface area contributed by atoms with Crippen LogP contribution >= 0.6 is 0 Å². The van der Waals surface area contributed by atoms with Crippen LogP contribution in [0.3, 0.4) is 0 Å². The van der Waals surface area contributed by atoms with Gasteiger partial charge in [0.15, 0.2) is 5.76 Å². The van der Waals surface area contributed by atoms with Gasteiger partial charge in [-0.3, -0.25) is 4.79 Å². The summed E-state index contributed by atoms with van der Waals surface area (Å²) in [5.41, 5.74) is 0. The number of furan rings is 1. The van der Waals surface area contributed by atoms with Crippen molar-refractivity contribution in [1.82, 2.24) is 4.90 Å². The van der Waals surface area contributed by atoms with Crippen molar-refractivity contribution in [3.63, 3.8) is 0 Å². The molecule has 3 unspecified atom stereocenters. The summed E-state index contributed by atoms with van der Waals surface area (Å²) in [6.07, 6.45) is 4.40. The average molecular weight is 387 g/mol. The minimum absolute atomic E-state index is 0.0358. The van der Waals surface area contributed by atoms with Crippen LogP contribution < -0.4 is 4.74 Å². The smallest absolute Gasteiger partial charge is 0.326 e. The van der Waals surface area contributed by atoms with E-state index in [9.17, 15) is 19.1 Å². The second kappa shape index (κ2) is 7.66. The largest absolute Gasteiger partial charge is 0.486 e. The number of carboxylic acid groups (broad SMARTS) is 1. The minimum Gasteiger partial charge on any atom is -0.486 e. The lowest BCUT2D eigenvalue weighted by molar-refractivity contribution is -0.141. The van der Waals surface area contributed by atoms with E-state index in [0.717, 1.165) is 25.7 Å². The van der Waals surface area contributed by atoms with Crippen molar-refractivity contribution >= 4 is 11.9 Å². The molecular weight excluding hydrogens is 365 g/mol. The highest BCUT2D eigenvalue weighted by Crippen LogP contribution is 2.40. The highest BCUT2D eigenvalue weighted by atomic mass is 19.1. The van der Waals surface area contributed by atoms with Crippen molar-refractivity contribution in [3.8, 4) is 5.75 Å². The third kappa shape index (κ3) is 3.61. The van der Waals surface area contributed by atoms with Crippen LogP contribution in [-0.4, -0.2) is 34.0 Å². The summed E-state index contributed by atoms with van der Waals surface area (Å²) < 4.78 is 24.1. The van der Waals surface area contributed by atoms with Crippen molar-refractivity contribution in [3.05, 3.63) is 53.7 Å². The second-order valence-electron chi connectivity index (χ2n) is 7.42. The normalized spacial score (nSPS) is 24.0. The Hall–Kier alpha value is -2.83. The number of likely N-dealkylation sites (tertiary alicyclic amines) is 1. The van der Waals surface area contributed by atoms with E-state index in [-0.39, 0.29) is 36.1 Å². The van der Waals surface area contributed by atoms with Crippen molar-refractivity contribution in [2.75, 3.05) is 0 Å². The second-order valence-corrected chi connectivity index (χ2v) is 7.42. The Morgan fingerprint density at radius 3 is 2.64 bits per heavy atom. The fraction of sp³-hybridized carbons (Fsp3) is 0.429. The Bertz CT molecular complexity index is 862. The quantitative estimate of drug-likeness (QED) is 0.843. The zero-order valence-corrected chi connectivity index (χ0v) is 15.3. The van der Waals surface area contributed by atoms with Gasteiger partial charge in [0.05, 0.1) is 0 Å². The first kappa shape index (κ1) is 18.5. The standard InChI is InChI=1S/C21H22FNO5/c22-14-5-7-15(8-6-14)27-12-16-9-10-19(28-16)20(24)23-17-4-2-1-3-13(17)11-18(23)21(25)26/h5-10,13,17-18H,1-4,11-12H2,(H,25,26). The summed E-state index contributed by atoms with van der Waals surface area (Å²) >= 11 is 0.